The number of halogens is 2. The van der Waals surface area contributed by atoms with Crippen LogP contribution in [0.5, 0.6) is 5.75 Å². The van der Waals surface area contributed by atoms with Gasteiger partial charge in [0.25, 0.3) is 5.91 Å². The predicted octanol–water partition coefficient (Wildman–Crippen LogP) is 3.97. The highest BCUT2D eigenvalue weighted by molar-refractivity contribution is 9.11. The van der Waals surface area contributed by atoms with Crippen LogP contribution in [0.25, 0.3) is 0 Å². The van der Waals surface area contributed by atoms with E-state index in [0.717, 1.165) is 3.79 Å². The van der Waals surface area contributed by atoms with Crippen molar-refractivity contribution in [1.82, 2.24) is 0 Å². The Kier molecular flexibility index (Phi) is 5.82. The number of carbonyl (C=O) groups excluding carboxylic acids is 2. The largest absolute Gasteiger partial charge is 0.495 e. The van der Waals surface area contributed by atoms with Crippen LogP contribution >= 0.6 is 38.9 Å². The van der Waals surface area contributed by atoms with Crippen molar-refractivity contribution in [3.8, 4) is 5.75 Å². The molecule has 0 fully saturated rings. The van der Waals surface area contributed by atoms with E-state index in [1.807, 2.05) is 0 Å². The maximum atomic E-state index is 11.8. The Labute approximate surface area is 144 Å². The van der Waals surface area contributed by atoms with Crippen LogP contribution < -0.4 is 10.1 Å². The van der Waals surface area contributed by atoms with Gasteiger partial charge in [-0.1, -0.05) is 11.6 Å². The Balaban J connectivity index is 1.88. The minimum atomic E-state index is -0.543. The molecular weight excluding hydrogens is 394 g/mol. The fourth-order valence-electron chi connectivity index (χ4n) is 1.57. The topological polar surface area (TPSA) is 64.6 Å². The summed E-state index contributed by atoms with van der Waals surface area (Å²) in [6, 6.07) is 8.18. The molecule has 0 saturated carbocycles. The molecule has 116 valence electrons. The van der Waals surface area contributed by atoms with Gasteiger partial charge >= 0.3 is 5.97 Å². The third-order valence-electron chi connectivity index (χ3n) is 2.54. The van der Waals surface area contributed by atoms with Gasteiger partial charge in [0, 0.05) is 5.69 Å². The summed E-state index contributed by atoms with van der Waals surface area (Å²) in [5, 5.41) is 2.96. The van der Waals surface area contributed by atoms with E-state index in [-0.39, 0.29) is 6.61 Å². The van der Waals surface area contributed by atoms with Crippen molar-refractivity contribution in [3.63, 3.8) is 0 Å². The fourth-order valence-corrected chi connectivity index (χ4v) is 3.10. The van der Waals surface area contributed by atoms with Crippen LogP contribution in [0.1, 0.15) is 9.67 Å². The Morgan fingerprint density at radius 1 is 1.32 bits per heavy atom. The summed E-state index contributed by atoms with van der Waals surface area (Å²) in [6.07, 6.45) is 0. The SMILES string of the molecule is COc1ccc(NC(=O)COC(=O)c2ccc(Br)s2)cc1Cl. The van der Waals surface area contributed by atoms with E-state index in [9.17, 15) is 9.59 Å². The van der Waals surface area contributed by atoms with E-state index in [1.165, 1.54) is 18.4 Å². The molecule has 0 unspecified atom stereocenters. The summed E-state index contributed by atoms with van der Waals surface area (Å²) in [7, 11) is 1.50. The average Bonchev–Trinajstić information content (AvgIpc) is 2.91. The molecule has 8 heteroatoms. The second-order valence-electron chi connectivity index (χ2n) is 4.08. The molecule has 0 spiro atoms. The lowest BCUT2D eigenvalue weighted by molar-refractivity contribution is -0.119. The monoisotopic (exact) mass is 403 g/mol. The number of nitrogens with one attached hydrogen (secondary N) is 1. The normalized spacial score (nSPS) is 10.1. The number of ether oxygens (including phenoxy) is 2. The molecule has 22 heavy (non-hydrogen) atoms. The van der Waals surface area contributed by atoms with Crippen LogP contribution in [0.3, 0.4) is 0 Å². The molecule has 1 aromatic heterocycles. The molecule has 1 heterocycles. The van der Waals surface area contributed by atoms with E-state index in [1.54, 1.807) is 30.3 Å². The number of methoxy groups -OCH3 is 1. The number of thiophene rings is 1. The molecular formula is C14H11BrClNO4S. The van der Waals surface area contributed by atoms with Gasteiger partial charge in [0.1, 0.15) is 10.6 Å². The van der Waals surface area contributed by atoms with Gasteiger partial charge in [0.2, 0.25) is 0 Å². The summed E-state index contributed by atoms with van der Waals surface area (Å²) >= 11 is 10.4. The molecule has 1 aromatic carbocycles. The second kappa shape index (κ2) is 7.62. The number of carbonyl (C=O) groups is 2. The first kappa shape index (κ1) is 16.8. The maximum absolute atomic E-state index is 11.8. The third-order valence-corrected chi connectivity index (χ3v) is 4.44. The van der Waals surface area contributed by atoms with Crippen molar-refractivity contribution in [3.05, 3.63) is 44.0 Å². The molecule has 0 atom stereocenters. The Hall–Kier alpha value is -1.57. The van der Waals surface area contributed by atoms with Gasteiger partial charge in [-0.25, -0.2) is 4.79 Å². The molecule has 0 aliphatic carbocycles. The lowest BCUT2D eigenvalue weighted by Gasteiger charge is -2.08. The van der Waals surface area contributed by atoms with E-state index in [2.05, 4.69) is 21.2 Å². The van der Waals surface area contributed by atoms with Gasteiger partial charge < -0.3 is 14.8 Å². The van der Waals surface area contributed by atoms with E-state index < -0.39 is 11.9 Å². The van der Waals surface area contributed by atoms with Crippen LogP contribution in [-0.4, -0.2) is 25.6 Å². The van der Waals surface area contributed by atoms with Gasteiger partial charge in [-0.3, -0.25) is 4.79 Å². The zero-order valence-corrected chi connectivity index (χ0v) is 14.5. The van der Waals surface area contributed by atoms with Crippen LogP contribution in [0, 0.1) is 0 Å². The molecule has 1 N–H and O–H groups in total. The number of rotatable bonds is 5. The van der Waals surface area contributed by atoms with Crippen molar-refractivity contribution in [2.75, 3.05) is 19.0 Å². The average molecular weight is 405 g/mol. The molecule has 5 nitrogen and oxygen atoms in total. The van der Waals surface area contributed by atoms with E-state index >= 15 is 0 Å². The molecule has 0 saturated heterocycles. The highest BCUT2D eigenvalue weighted by Crippen LogP contribution is 2.27. The zero-order valence-electron chi connectivity index (χ0n) is 11.4. The van der Waals surface area contributed by atoms with Gasteiger partial charge in [-0.05, 0) is 46.3 Å². The highest BCUT2D eigenvalue weighted by Gasteiger charge is 2.13. The van der Waals surface area contributed by atoms with Gasteiger partial charge in [-0.15, -0.1) is 11.3 Å². The highest BCUT2D eigenvalue weighted by atomic mass is 79.9. The van der Waals surface area contributed by atoms with Gasteiger partial charge in [0.15, 0.2) is 6.61 Å². The molecule has 0 aliphatic rings. The van der Waals surface area contributed by atoms with Gasteiger partial charge in [0.05, 0.1) is 15.9 Å². The standard InChI is InChI=1S/C14H11BrClNO4S/c1-20-10-3-2-8(6-9(10)16)17-13(18)7-21-14(19)11-4-5-12(15)22-11/h2-6H,7H2,1H3,(H,17,18). The molecule has 0 aliphatic heterocycles. The first-order chi connectivity index (χ1) is 10.5. The minimum Gasteiger partial charge on any atom is -0.495 e. The minimum absolute atomic E-state index is 0.376. The quantitative estimate of drug-likeness (QED) is 0.766. The number of amides is 1. The number of hydrogen-bond acceptors (Lipinski definition) is 5. The van der Waals surface area contributed by atoms with Crippen molar-refractivity contribution in [2.24, 2.45) is 0 Å². The number of esters is 1. The first-order valence-corrected chi connectivity index (χ1v) is 8.04. The number of anilines is 1. The summed E-state index contributed by atoms with van der Waals surface area (Å²) in [5.74, 6) is -0.488. The van der Waals surface area contributed by atoms with Crippen molar-refractivity contribution >= 4 is 56.4 Å². The molecule has 0 radical (unpaired) electrons. The smallest absolute Gasteiger partial charge is 0.348 e. The lowest BCUT2D eigenvalue weighted by atomic mass is 10.3. The van der Waals surface area contributed by atoms with E-state index in [0.29, 0.717) is 21.3 Å². The Bertz CT molecular complexity index is 704. The van der Waals surface area contributed by atoms with Crippen LogP contribution in [-0.2, 0) is 9.53 Å². The predicted molar refractivity (Wildman–Crippen MR) is 88.9 cm³/mol. The summed E-state index contributed by atoms with van der Waals surface area (Å²) in [5.41, 5.74) is 0.491. The lowest BCUT2D eigenvalue weighted by Crippen LogP contribution is -2.20. The Morgan fingerprint density at radius 3 is 2.68 bits per heavy atom. The van der Waals surface area contributed by atoms with Crippen LogP contribution in [0.2, 0.25) is 5.02 Å². The van der Waals surface area contributed by atoms with Crippen molar-refractivity contribution in [1.29, 1.82) is 0 Å². The third kappa shape index (κ3) is 4.46. The second-order valence-corrected chi connectivity index (χ2v) is 6.95. The number of benzene rings is 1. The summed E-state index contributed by atoms with van der Waals surface area (Å²) < 4.78 is 10.8. The Morgan fingerprint density at radius 2 is 2.09 bits per heavy atom. The van der Waals surface area contributed by atoms with Crippen molar-refractivity contribution in [2.45, 2.75) is 0 Å². The van der Waals surface area contributed by atoms with Gasteiger partial charge in [-0.2, -0.15) is 0 Å². The van der Waals surface area contributed by atoms with Crippen LogP contribution in [0.4, 0.5) is 5.69 Å². The first-order valence-electron chi connectivity index (χ1n) is 6.05. The number of hydrogen-bond donors (Lipinski definition) is 1. The molecule has 2 rings (SSSR count). The summed E-state index contributed by atoms with van der Waals surface area (Å²) in [4.78, 5) is 23.9. The maximum Gasteiger partial charge on any atom is 0.348 e. The van der Waals surface area contributed by atoms with E-state index in [4.69, 9.17) is 21.1 Å². The fraction of sp³-hybridized carbons (Fsp3) is 0.143. The molecule has 2 aromatic rings. The van der Waals surface area contributed by atoms with Crippen molar-refractivity contribution < 1.29 is 19.1 Å². The zero-order chi connectivity index (χ0) is 16.1. The molecule has 0 bridgehead atoms. The molecule has 1 amide bonds. The van der Waals surface area contributed by atoms with Crippen LogP contribution in [0.15, 0.2) is 34.1 Å². The summed E-state index contributed by atoms with van der Waals surface area (Å²) in [6.45, 7) is -0.377.